The third-order valence-electron chi connectivity index (χ3n) is 2.12. The number of sulfone groups is 1. The molecule has 1 atom stereocenters. The fraction of sp³-hybridized carbons (Fsp3) is 0.889. The molecular weight excluding hydrogens is 204 g/mol. The molecule has 0 amide bonds. The molecule has 0 spiro atoms. The molecule has 0 aliphatic carbocycles. The van der Waals surface area contributed by atoms with Crippen LogP contribution in [0.5, 0.6) is 0 Å². The van der Waals surface area contributed by atoms with Gasteiger partial charge in [-0.25, -0.2) is 8.42 Å². The van der Waals surface area contributed by atoms with Crippen LogP contribution in [0.25, 0.3) is 0 Å². The van der Waals surface area contributed by atoms with Crippen molar-refractivity contribution in [3.8, 4) is 0 Å². The number of Topliss-reactive ketones (excluding diaryl/α,β-unsaturated/α-hetero) is 1. The lowest BCUT2D eigenvalue weighted by atomic mass is 10.1. The van der Waals surface area contributed by atoms with E-state index in [1.165, 1.54) is 7.11 Å². The van der Waals surface area contributed by atoms with E-state index >= 15 is 0 Å². The molecule has 0 rings (SSSR count). The molecule has 0 heterocycles. The van der Waals surface area contributed by atoms with Gasteiger partial charge in [0.15, 0.2) is 15.6 Å². The van der Waals surface area contributed by atoms with Crippen molar-refractivity contribution in [2.24, 2.45) is 5.92 Å². The fourth-order valence-electron chi connectivity index (χ4n) is 0.869. The topological polar surface area (TPSA) is 60.4 Å². The van der Waals surface area contributed by atoms with Crippen molar-refractivity contribution >= 4 is 15.6 Å². The second kappa shape index (κ2) is 6.14. The molecule has 0 radical (unpaired) electrons. The van der Waals surface area contributed by atoms with Gasteiger partial charge in [0.2, 0.25) is 0 Å². The van der Waals surface area contributed by atoms with E-state index in [9.17, 15) is 13.2 Å². The Morgan fingerprint density at radius 1 is 1.43 bits per heavy atom. The molecule has 4 nitrogen and oxygen atoms in total. The van der Waals surface area contributed by atoms with Crippen LogP contribution in [0.15, 0.2) is 0 Å². The zero-order chi connectivity index (χ0) is 11.2. The molecule has 0 bridgehead atoms. The Morgan fingerprint density at radius 3 is 2.43 bits per heavy atom. The highest BCUT2D eigenvalue weighted by Gasteiger charge is 2.19. The van der Waals surface area contributed by atoms with E-state index in [1.54, 1.807) is 6.92 Å². The second-order valence-corrected chi connectivity index (χ2v) is 5.54. The van der Waals surface area contributed by atoms with Gasteiger partial charge in [-0.15, -0.1) is 0 Å². The Kier molecular flexibility index (Phi) is 5.95. The molecule has 0 aromatic carbocycles. The minimum atomic E-state index is -3.27. The van der Waals surface area contributed by atoms with Gasteiger partial charge in [-0.2, -0.15) is 0 Å². The van der Waals surface area contributed by atoms with E-state index in [1.807, 2.05) is 6.92 Å². The molecule has 0 saturated carbocycles. The lowest BCUT2D eigenvalue weighted by Gasteiger charge is -2.07. The summed E-state index contributed by atoms with van der Waals surface area (Å²) in [6.45, 7) is 3.76. The molecule has 0 aromatic rings. The first-order chi connectivity index (χ1) is 6.43. The molecule has 0 aromatic heterocycles. The standard InChI is InChI=1S/C9H18O4S/c1-4-8(2)9(10)7-14(11,12)6-5-13-3/h8H,4-7H2,1-3H3. The van der Waals surface area contributed by atoms with Gasteiger partial charge in [0.1, 0.15) is 5.75 Å². The van der Waals surface area contributed by atoms with Crippen molar-refractivity contribution in [3.63, 3.8) is 0 Å². The summed E-state index contributed by atoms with van der Waals surface area (Å²) in [5, 5.41) is 0. The monoisotopic (exact) mass is 222 g/mol. The summed E-state index contributed by atoms with van der Waals surface area (Å²) in [5.74, 6) is -0.812. The SMILES string of the molecule is CCC(C)C(=O)CS(=O)(=O)CCOC. The molecule has 0 aliphatic heterocycles. The molecule has 0 fully saturated rings. The van der Waals surface area contributed by atoms with Gasteiger partial charge in [-0.1, -0.05) is 13.8 Å². The van der Waals surface area contributed by atoms with Crippen LogP contribution < -0.4 is 0 Å². The fourth-order valence-corrected chi connectivity index (χ4v) is 2.15. The van der Waals surface area contributed by atoms with E-state index in [2.05, 4.69) is 4.74 Å². The first-order valence-corrected chi connectivity index (χ1v) is 6.47. The number of ketones is 1. The average Bonchev–Trinajstić information content (AvgIpc) is 2.12. The Bertz CT molecular complexity index is 269. The third-order valence-corrected chi connectivity index (χ3v) is 3.64. The number of methoxy groups -OCH3 is 1. The molecule has 5 heteroatoms. The summed E-state index contributed by atoms with van der Waals surface area (Å²) in [6.07, 6.45) is 0.679. The highest BCUT2D eigenvalue weighted by molar-refractivity contribution is 7.92. The van der Waals surface area contributed by atoms with Gasteiger partial charge in [-0.05, 0) is 6.42 Å². The predicted octanol–water partition coefficient (Wildman–Crippen LogP) is 0.663. The zero-order valence-corrected chi connectivity index (χ0v) is 9.76. The van der Waals surface area contributed by atoms with Gasteiger partial charge in [0.25, 0.3) is 0 Å². The number of rotatable bonds is 7. The molecule has 84 valence electrons. The van der Waals surface area contributed by atoms with Gasteiger partial charge in [-0.3, -0.25) is 4.79 Å². The minimum Gasteiger partial charge on any atom is -0.384 e. The van der Waals surface area contributed by atoms with E-state index in [-0.39, 0.29) is 29.8 Å². The number of hydrogen-bond acceptors (Lipinski definition) is 4. The van der Waals surface area contributed by atoms with Crippen molar-refractivity contribution in [3.05, 3.63) is 0 Å². The van der Waals surface area contributed by atoms with Crippen LogP contribution in [-0.4, -0.2) is 39.4 Å². The van der Waals surface area contributed by atoms with Crippen LogP contribution in [-0.2, 0) is 19.4 Å². The summed E-state index contributed by atoms with van der Waals surface area (Å²) < 4.78 is 27.3. The number of carbonyl (C=O) groups excluding carboxylic acids is 1. The van der Waals surface area contributed by atoms with E-state index in [0.29, 0.717) is 6.42 Å². The molecule has 0 aliphatic rings. The van der Waals surface area contributed by atoms with Crippen molar-refractivity contribution < 1.29 is 17.9 Å². The highest BCUT2D eigenvalue weighted by atomic mass is 32.2. The van der Waals surface area contributed by atoms with E-state index in [0.717, 1.165) is 0 Å². The number of carbonyl (C=O) groups is 1. The van der Waals surface area contributed by atoms with Crippen molar-refractivity contribution in [2.45, 2.75) is 20.3 Å². The largest absolute Gasteiger partial charge is 0.384 e. The van der Waals surface area contributed by atoms with Crippen LogP contribution >= 0.6 is 0 Å². The maximum atomic E-state index is 11.3. The summed E-state index contributed by atoms with van der Waals surface area (Å²) in [5.41, 5.74) is 0. The summed E-state index contributed by atoms with van der Waals surface area (Å²) in [6, 6.07) is 0. The molecule has 14 heavy (non-hydrogen) atoms. The maximum Gasteiger partial charge on any atom is 0.159 e. The normalized spacial score (nSPS) is 13.9. The van der Waals surface area contributed by atoms with Crippen LogP contribution in [0, 0.1) is 5.92 Å². The number of hydrogen-bond donors (Lipinski definition) is 0. The predicted molar refractivity (Wildman–Crippen MR) is 55.0 cm³/mol. The molecule has 0 saturated heterocycles. The van der Waals surface area contributed by atoms with Gasteiger partial charge in [0, 0.05) is 13.0 Å². The first-order valence-electron chi connectivity index (χ1n) is 4.65. The quantitative estimate of drug-likeness (QED) is 0.635. The summed E-state index contributed by atoms with van der Waals surface area (Å²) >= 11 is 0. The summed E-state index contributed by atoms with van der Waals surface area (Å²) in [4.78, 5) is 11.3. The molecule has 0 N–H and O–H groups in total. The van der Waals surface area contributed by atoms with Gasteiger partial charge >= 0.3 is 0 Å². The van der Waals surface area contributed by atoms with Crippen molar-refractivity contribution in [2.75, 3.05) is 25.2 Å². The molecule has 1 unspecified atom stereocenters. The zero-order valence-electron chi connectivity index (χ0n) is 8.95. The van der Waals surface area contributed by atoms with Crippen LogP contribution in [0.2, 0.25) is 0 Å². The van der Waals surface area contributed by atoms with Crippen LogP contribution in [0.3, 0.4) is 0 Å². The average molecular weight is 222 g/mol. The number of ether oxygens (including phenoxy) is 1. The smallest absolute Gasteiger partial charge is 0.159 e. The molecular formula is C9H18O4S. The Morgan fingerprint density at radius 2 is 2.00 bits per heavy atom. The summed E-state index contributed by atoms with van der Waals surface area (Å²) in [7, 11) is -1.84. The van der Waals surface area contributed by atoms with E-state index < -0.39 is 9.84 Å². The van der Waals surface area contributed by atoms with Crippen LogP contribution in [0.4, 0.5) is 0 Å². The third kappa shape index (κ3) is 5.34. The minimum absolute atomic E-state index is 0.0777. The lowest BCUT2D eigenvalue weighted by Crippen LogP contribution is -2.25. The lowest BCUT2D eigenvalue weighted by molar-refractivity contribution is -0.119. The maximum absolute atomic E-state index is 11.3. The van der Waals surface area contributed by atoms with Gasteiger partial charge in [0.05, 0.1) is 12.4 Å². The van der Waals surface area contributed by atoms with E-state index in [4.69, 9.17) is 0 Å². The van der Waals surface area contributed by atoms with Gasteiger partial charge < -0.3 is 4.74 Å². The Balaban J connectivity index is 4.16. The second-order valence-electron chi connectivity index (χ2n) is 3.36. The Labute approximate surface area is 85.6 Å². The first kappa shape index (κ1) is 13.6. The Hall–Kier alpha value is -0.420. The van der Waals surface area contributed by atoms with Crippen LogP contribution in [0.1, 0.15) is 20.3 Å². The van der Waals surface area contributed by atoms with Crippen molar-refractivity contribution in [1.82, 2.24) is 0 Å². The highest BCUT2D eigenvalue weighted by Crippen LogP contribution is 2.04. The van der Waals surface area contributed by atoms with Crippen molar-refractivity contribution in [1.29, 1.82) is 0 Å².